The van der Waals surface area contributed by atoms with Gasteiger partial charge >= 0.3 is 6.03 Å². The van der Waals surface area contributed by atoms with Crippen LogP contribution in [0.15, 0.2) is 83.1 Å². The minimum atomic E-state index is -0.445. The zero-order valence-corrected chi connectivity index (χ0v) is 29.0. The van der Waals surface area contributed by atoms with E-state index in [0.717, 1.165) is 70.9 Å². The highest BCUT2D eigenvalue weighted by atomic mass is 32.2. The maximum Gasteiger partial charge on any atom is 0.323 e. The first-order chi connectivity index (χ1) is 22.2. The fourth-order valence-electron chi connectivity index (χ4n) is 5.82. The number of amides is 2. The molecule has 0 saturated heterocycles. The lowest BCUT2D eigenvalue weighted by Crippen LogP contribution is -2.30. The fraction of sp³-hybridized carbons (Fsp3) is 0.395. The largest absolute Gasteiger partial charge is 0.323 e. The number of allylic oxidation sites excluding steroid dienone is 1. The number of carbonyl (C=O) groups excluding carboxylic acids is 1. The molecule has 4 aromatic rings. The lowest BCUT2D eigenvalue weighted by atomic mass is 9.93. The summed E-state index contributed by atoms with van der Waals surface area (Å²) < 4.78 is 1.68. The average molecular weight is 640 g/mol. The number of thioether (sulfide) groups is 1. The second-order valence-electron chi connectivity index (χ2n) is 12.1. The predicted molar refractivity (Wildman–Crippen MR) is 197 cm³/mol. The molecule has 8 heteroatoms. The molecule has 4 rings (SSSR count). The minimum Gasteiger partial charge on any atom is -0.307 e. The van der Waals surface area contributed by atoms with Gasteiger partial charge in [-0.05, 0) is 78.7 Å². The maximum absolute atomic E-state index is 14.4. The molecule has 0 aliphatic heterocycles. The second-order valence-corrected chi connectivity index (χ2v) is 13.3. The number of aromatic nitrogens is 2. The first kappa shape index (κ1) is 35.0. The van der Waals surface area contributed by atoms with Crippen molar-refractivity contribution in [2.45, 2.75) is 77.7 Å². The van der Waals surface area contributed by atoms with Crippen molar-refractivity contribution in [2.75, 3.05) is 36.0 Å². The Balaban J connectivity index is 1.82. The van der Waals surface area contributed by atoms with Crippen LogP contribution in [-0.2, 0) is 6.54 Å². The van der Waals surface area contributed by atoms with Gasteiger partial charge in [0.25, 0.3) is 5.56 Å². The van der Waals surface area contributed by atoms with Gasteiger partial charge < -0.3 is 15.5 Å². The van der Waals surface area contributed by atoms with Crippen LogP contribution >= 0.6 is 11.8 Å². The molecule has 0 radical (unpaired) electrons. The third kappa shape index (κ3) is 8.28. The SMILES string of the molecule is C=CCCCn1c(=O)c(NC(=O)Nc2c(C(C)C)cccc2C(C)C)c(-c2cccc(SCCN(CC)CC)c2)c2cccnc21. The van der Waals surface area contributed by atoms with Gasteiger partial charge in [0, 0.05) is 46.6 Å². The van der Waals surface area contributed by atoms with Crippen molar-refractivity contribution >= 4 is 40.2 Å². The smallest absolute Gasteiger partial charge is 0.307 e. The van der Waals surface area contributed by atoms with E-state index in [9.17, 15) is 9.59 Å². The highest BCUT2D eigenvalue weighted by Crippen LogP contribution is 2.36. The first-order valence-electron chi connectivity index (χ1n) is 16.5. The van der Waals surface area contributed by atoms with E-state index in [-0.39, 0.29) is 23.1 Å². The lowest BCUT2D eigenvalue weighted by Gasteiger charge is -2.22. The van der Waals surface area contributed by atoms with Gasteiger partial charge in [0.2, 0.25) is 0 Å². The summed E-state index contributed by atoms with van der Waals surface area (Å²) in [6.07, 6.45) is 5.06. The number of aryl methyl sites for hydroxylation is 1. The lowest BCUT2D eigenvalue weighted by molar-refractivity contribution is 0.262. The number of pyridine rings is 2. The molecule has 0 saturated carbocycles. The summed E-state index contributed by atoms with van der Waals surface area (Å²) in [5.41, 5.74) is 5.02. The summed E-state index contributed by atoms with van der Waals surface area (Å²) in [6, 6.07) is 17.8. The van der Waals surface area contributed by atoms with Crippen LogP contribution in [0, 0.1) is 0 Å². The summed E-state index contributed by atoms with van der Waals surface area (Å²) in [4.78, 5) is 36.4. The van der Waals surface area contributed by atoms with Crippen molar-refractivity contribution in [2.24, 2.45) is 0 Å². The zero-order chi connectivity index (χ0) is 33.2. The zero-order valence-electron chi connectivity index (χ0n) is 28.2. The van der Waals surface area contributed by atoms with Crippen LogP contribution < -0.4 is 16.2 Å². The summed E-state index contributed by atoms with van der Waals surface area (Å²) in [7, 11) is 0. The minimum absolute atomic E-state index is 0.209. The summed E-state index contributed by atoms with van der Waals surface area (Å²) in [6.45, 7) is 20.2. The molecule has 0 aliphatic carbocycles. The van der Waals surface area contributed by atoms with E-state index in [1.54, 1.807) is 22.5 Å². The standard InChI is InChI=1S/C38H49N5O2S/c1-8-11-12-22-43-36-32(20-15-21-39-36)33(28-16-13-17-29(25-28)46-24-23-42(9-2)10-3)35(37(43)44)41-38(45)40-34-30(26(4)5)18-14-19-31(34)27(6)7/h8,13-21,25-27H,1,9-12,22-24H2,2-7H3,(H2,40,41,45). The topological polar surface area (TPSA) is 79.3 Å². The number of anilines is 2. The molecule has 0 unspecified atom stereocenters. The van der Waals surface area contributed by atoms with E-state index in [1.807, 2.05) is 36.4 Å². The fourth-order valence-corrected chi connectivity index (χ4v) is 6.79. The van der Waals surface area contributed by atoms with Gasteiger partial charge in [0.1, 0.15) is 11.3 Å². The Hall–Kier alpha value is -3.88. The summed E-state index contributed by atoms with van der Waals surface area (Å²) in [5, 5.41) is 6.98. The average Bonchev–Trinajstić information content (AvgIpc) is 3.04. The van der Waals surface area contributed by atoms with E-state index >= 15 is 0 Å². The number of carbonyl (C=O) groups is 1. The number of fused-ring (bicyclic) bond motifs is 1. The Morgan fingerprint density at radius 2 is 1.65 bits per heavy atom. The van der Waals surface area contributed by atoms with Crippen LogP contribution in [0.3, 0.4) is 0 Å². The van der Waals surface area contributed by atoms with Crippen molar-refractivity contribution < 1.29 is 4.79 Å². The number of rotatable bonds is 15. The number of hydrogen-bond acceptors (Lipinski definition) is 5. The van der Waals surface area contributed by atoms with Crippen LogP contribution in [-0.4, -0.2) is 45.9 Å². The van der Waals surface area contributed by atoms with Gasteiger partial charge in [-0.2, -0.15) is 0 Å². The van der Waals surface area contributed by atoms with Crippen molar-refractivity contribution in [1.82, 2.24) is 14.5 Å². The number of benzene rings is 2. The van der Waals surface area contributed by atoms with Crippen LogP contribution in [0.5, 0.6) is 0 Å². The van der Waals surface area contributed by atoms with E-state index in [0.29, 0.717) is 17.8 Å². The molecular weight excluding hydrogens is 591 g/mol. The van der Waals surface area contributed by atoms with Gasteiger partial charge in [0.15, 0.2) is 0 Å². The molecule has 2 aromatic carbocycles. The molecular formula is C38H49N5O2S. The van der Waals surface area contributed by atoms with Crippen LogP contribution in [0.1, 0.15) is 77.3 Å². The van der Waals surface area contributed by atoms with Crippen molar-refractivity contribution in [3.05, 3.63) is 94.9 Å². The molecule has 46 heavy (non-hydrogen) atoms. The third-order valence-electron chi connectivity index (χ3n) is 8.35. The first-order valence-corrected chi connectivity index (χ1v) is 17.5. The predicted octanol–water partition coefficient (Wildman–Crippen LogP) is 9.35. The Morgan fingerprint density at radius 1 is 0.978 bits per heavy atom. The van der Waals surface area contributed by atoms with Crippen LogP contribution in [0.2, 0.25) is 0 Å². The van der Waals surface area contributed by atoms with Crippen molar-refractivity contribution in [3.8, 4) is 11.1 Å². The number of urea groups is 1. The molecule has 244 valence electrons. The molecule has 7 nitrogen and oxygen atoms in total. The van der Waals surface area contributed by atoms with E-state index in [4.69, 9.17) is 0 Å². The number of unbranched alkanes of at least 4 members (excludes halogenated alkanes) is 1. The van der Waals surface area contributed by atoms with Gasteiger partial charge in [-0.1, -0.05) is 78.0 Å². The Kier molecular flexibility index (Phi) is 12.6. The summed E-state index contributed by atoms with van der Waals surface area (Å²) in [5.74, 6) is 1.37. The van der Waals surface area contributed by atoms with E-state index in [2.05, 4.69) is 92.9 Å². The molecule has 0 aliphatic rings. The highest BCUT2D eigenvalue weighted by Gasteiger charge is 2.23. The van der Waals surface area contributed by atoms with Crippen molar-refractivity contribution in [3.63, 3.8) is 0 Å². The Bertz CT molecular complexity index is 1680. The number of hydrogen-bond donors (Lipinski definition) is 2. The summed E-state index contributed by atoms with van der Waals surface area (Å²) >= 11 is 1.80. The molecule has 0 spiro atoms. The molecule has 0 bridgehead atoms. The van der Waals surface area contributed by atoms with Gasteiger partial charge in [-0.25, -0.2) is 9.78 Å². The van der Waals surface area contributed by atoms with Gasteiger partial charge in [-0.3, -0.25) is 9.36 Å². The van der Waals surface area contributed by atoms with E-state index < -0.39 is 6.03 Å². The molecule has 2 aromatic heterocycles. The normalized spacial score (nSPS) is 11.5. The Morgan fingerprint density at radius 3 is 2.30 bits per heavy atom. The van der Waals surface area contributed by atoms with Crippen molar-refractivity contribution in [1.29, 1.82) is 0 Å². The highest BCUT2D eigenvalue weighted by molar-refractivity contribution is 7.99. The quantitative estimate of drug-likeness (QED) is 0.0770. The third-order valence-corrected chi connectivity index (χ3v) is 9.33. The monoisotopic (exact) mass is 639 g/mol. The maximum atomic E-state index is 14.4. The van der Waals surface area contributed by atoms with E-state index in [1.165, 1.54) is 0 Å². The van der Waals surface area contributed by atoms with Gasteiger partial charge in [0.05, 0.1) is 0 Å². The molecule has 2 amide bonds. The van der Waals surface area contributed by atoms with Crippen LogP contribution in [0.4, 0.5) is 16.2 Å². The number of para-hydroxylation sites is 1. The second kappa shape index (κ2) is 16.6. The Labute approximate surface area is 278 Å². The molecule has 2 heterocycles. The number of nitrogens with one attached hydrogen (secondary N) is 2. The van der Waals surface area contributed by atoms with Crippen LogP contribution in [0.25, 0.3) is 22.2 Å². The molecule has 2 N–H and O–H groups in total. The number of nitrogens with zero attached hydrogens (tertiary/aromatic N) is 3. The molecule has 0 fully saturated rings. The molecule has 0 atom stereocenters. The van der Waals surface area contributed by atoms with Gasteiger partial charge in [-0.15, -0.1) is 18.3 Å².